The molecule has 6 nitrogen and oxygen atoms in total. The highest BCUT2D eigenvalue weighted by Crippen LogP contribution is 2.05. The number of amides is 2. The van der Waals surface area contributed by atoms with E-state index in [-0.39, 0.29) is 24.3 Å². The molecule has 0 aliphatic rings. The number of hydrogen-bond donors (Lipinski definition) is 2. The van der Waals surface area contributed by atoms with Gasteiger partial charge in [-0.2, -0.15) is 0 Å². The third-order valence-corrected chi connectivity index (χ3v) is 2.49. The van der Waals surface area contributed by atoms with E-state index in [1.165, 1.54) is 6.92 Å². The normalized spacial score (nSPS) is 12.1. The molecular weight excluding hydrogens is 236 g/mol. The number of carboxylic acid groups (broad SMARTS) is 1. The van der Waals surface area contributed by atoms with Gasteiger partial charge in [-0.05, 0) is 27.2 Å². The van der Waals surface area contributed by atoms with E-state index in [0.29, 0.717) is 13.0 Å². The maximum absolute atomic E-state index is 12.1. The van der Waals surface area contributed by atoms with Crippen molar-refractivity contribution in [3.63, 3.8) is 0 Å². The summed E-state index contributed by atoms with van der Waals surface area (Å²) in [6.45, 7) is 7.08. The lowest BCUT2D eigenvalue weighted by Crippen LogP contribution is -2.49. The van der Waals surface area contributed by atoms with Crippen LogP contribution in [0.2, 0.25) is 0 Å². The highest BCUT2D eigenvalue weighted by atomic mass is 16.4. The van der Waals surface area contributed by atoms with Crippen LogP contribution in [0.3, 0.4) is 0 Å². The molecule has 0 heterocycles. The summed E-state index contributed by atoms with van der Waals surface area (Å²) in [6, 6.07) is -0.614. The molecule has 0 spiro atoms. The van der Waals surface area contributed by atoms with Crippen LogP contribution in [0.5, 0.6) is 0 Å². The lowest BCUT2D eigenvalue weighted by atomic mass is 10.2. The molecule has 0 aliphatic heterocycles. The van der Waals surface area contributed by atoms with Crippen LogP contribution in [-0.2, 0) is 14.4 Å². The van der Waals surface area contributed by atoms with Crippen LogP contribution in [0.15, 0.2) is 0 Å². The fourth-order valence-electron chi connectivity index (χ4n) is 1.64. The molecule has 2 N–H and O–H groups in total. The number of nitrogens with zero attached hydrogens (tertiary/aromatic N) is 1. The summed E-state index contributed by atoms with van der Waals surface area (Å²) >= 11 is 0. The second kappa shape index (κ2) is 7.68. The fraction of sp³-hybridized carbons (Fsp3) is 0.750. The van der Waals surface area contributed by atoms with Crippen LogP contribution in [0.4, 0.5) is 0 Å². The highest BCUT2D eigenvalue weighted by molar-refractivity contribution is 5.86. The Labute approximate surface area is 107 Å². The van der Waals surface area contributed by atoms with Gasteiger partial charge in [0.2, 0.25) is 11.8 Å². The second-order valence-corrected chi connectivity index (χ2v) is 4.54. The van der Waals surface area contributed by atoms with Crippen molar-refractivity contribution in [1.29, 1.82) is 0 Å². The topological polar surface area (TPSA) is 86.7 Å². The molecule has 0 saturated carbocycles. The van der Waals surface area contributed by atoms with Gasteiger partial charge < -0.3 is 15.3 Å². The van der Waals surface area contributed by atoms with Gasteiger partial charge in [0.1, 0.15) is 6.04 Å². The van der Waals surface area contributed by atoms with E-state index in [0.717, 1.165) is 0 Å². The van der Waals surface area contributed by atoms with Crippen LogP contribution in [0, 0.1) is 0 Å². The minimum atomic E-state index is -0.874. The molecule has 0 saturated heterocycles. The van der Waals surface area contributed by atoms with Gasteiger partial charge in [0.25, 0.3) is 0 Å². The molecule has 18 heavy (non-hydrogen) atoms. The van der Waals surface area contributed by atoms with Gasteiger partial charge in [0, 0.05) is 25.9 Å². The third kappa shape index (κ3) is 6.22. The first kappa shape index (κ1) is 16.4. The van der Waals surface area contributed by atoms with Crippen molar-refractivity contribution in [3.8, 4) is 0 Å². The first-order chi connectivity index (χ1) is 8.25. The van der Waals surface area contributed by atoms with Crippen molar-refractivity contribution in [2.75, 3.05) is 6.54 Å². The molecule has 0 aliphatic carbocycles. The summed E-state index contributed by atoms with van der Waals surface area (Å²) < 4.78 is 0. The minimum Gasteiger partial charge on any atom is -0.481 e. The number of carboxylic acids is 1. The molecule has 104 valence electrons. The molecule has 1 unspecified atom stereocenters. The molecule has 1 atom stereocenters. The van der Waals surface area contributed by atoms with Crippen LogP contribution in [-0.4, -0.2) is 46.4 Å². The van der Waals surface area contributed by atoms with Crippen molar-refractivity contribution in [1.82, 2.24) is 10.2 Å². The first-order valence-corrected chi connectivity index (χ1v) is 6.05. The monoisotopic (exact) mass is 258 g/mol. The Balaban J connectivity index is 4.44. The molecule has 2 amide bonds. The van der Waals surface area contributed by atoms with E-state index in [4.69, 9.17) is 5.11 Å². The number of carbonyl (C=O) groups excluding carboxylic acids is 2. The molecule has 0 aromatic heterocycles. The van der Waals surface area contributed by atoms with Crippen molar-refractivity contribution < 1.29 is 19.5 Å². The van der Waals surface area contributed by atoms with E-state index in [2.05, 4.69) is 5.32 Å². The maximum atomic E-state index is 12.1. The number of rotatable bonds is 7. The average molecular weight is 258 g/mol. The number of aliphatic carboxylic acids is 1. The summed E-state index contributed by atoms with van der Waals surface area (Å²) in [7, 11) is 0. The van der Waals surface area contributed by atoms with Gasteiger partial charge in [0.15, 0.2) is 0 Å². The van der Waals surface area contributed by atoms with E-state index >= 15 is 0 Å². The molecule has 0 aromatic rings. The largest absolute Gasteiger partial charge is 0.481 e. The predicted octanol–water partition coefficient (Wildman–Crippen LogP) is 0.613. The molecule has 0 aromatic carbocycles. The van der Waals surface area contributed by atoms with Gasteiger partial charge in [-0.1, -0.05) is 0 Å². The lowest BCUT2D eigenvalue weighted by Gasteiger charge is -2.29. The van der Waals surface area contributed by atoms with Gasteiger partial charge in [0.05, 0.1) is 0 Å². The Bertz CT molecular complexity index is 315. The molecule has 6 heteroatoms. The SMILES string of the molecule is CC(=O)NC(C)C(=O)N(CCCC(=O)O)C(C)C. The summed E-state index contributed by atoms with van der Waals surface area (Å²) in [4.78, 5) is 35.0. The molecule has 0 radical (unpaired) electrons. The Morgan fingerprint density at radius 1 is 1.22 bits per heavy atom. The van der Waals surface area contributed by atoms with Crippen LogP contribution in [0.25, 0.3) is 0 Å². The van der Waals surface area contributed by atoms with Crippen LogP contribution in [0.1, 0.15) is 40.5 Å². The van der Waals surface area contributed by atoms with E-state index < -0.39 is 12.0 Å². The van der Waals surface area contributed by atoms with E-state index in [1.807, 2.05) is 13.8 Å². The molecule has 0 rings (SSSR count). The first-order valence-electron chi connectivity index (χ1n) is 6.05. The Morgan fingerprint density at radius 2 is 1.78 bits per heavy atom. The van der Waals surface area contributed by atoms with Crippen molar-refractivity contribution in [2.24, 2.45) is 0 Å². The summed E-state index contributed by atoms with van der Waals surface area (Å²) in [6.07, 6.45) is 0.442. The van der Waals surface area contributed by atoms with Crippen LogP contribution < -0.4 is 5.32 Å². The van der Waals surface area contributed by atoms with Gasteiger partial charge in [-0.3, -0.25) is 14.4 Å². The molecule has 0 bridgehead atoms. The predicted molar refractivity (Wildman–Crippen MR) is 67.0 cm³/mol. The second-order valence-electron chi connectivity index (χ2n) is 4.54. The van der Waals surface area contributed by atoms with Gasteiger partial charge in [-0.15, -0.1) is 0 Å². The number of nitrogens with one attached hydrogen (secondary N) is 1. The van der Waals surface area contributed by atoms with Gasteiger partial charge >= 0.3 is 5.97 Å². The quantitative estimate of drug-likeness (QED) is 0.700. The number of carbonyl (C=O) groups is 3. The Hall–Kier alpha value is -1.59. The smallest absolute Gasteiger partial charge is 0.303 e. The number of hydrogen-bond acceptors (Lipinski definition) is 3. The average Bonchev–Trinajstić information content (AvgIpc) is 2.21. The van der Waals surface area contributed by atoms with E-state index in [9.17, 15) is 14.4 Å². The zero-order chi connectivity index (χ0) is 14.3. The minimum absolute atomic E-state index is 0.0255. The fourth-order valence-corrected chi connectivity index (χ4v) is 1.64. The highest BCUT2D eigenvalue weighted by Gasteiger charge is 2.23. The van der Waals surface area contributed by atoms with Crippen molar-refractivity contribution >= 4 is 17.8 Å². The standard InChI is InChI=1S/C12H22N2O4/c1-8(2)14(7-5-6-11(16)17)12(18)9(3)13-10(4)15/h8-9H,5-7H2,1-4H3,(H,13,15)(H,16,17). The maximum Gasteiger partial charge on any atom is 0.303 e. The lowest BCUT2D eigenvalue weighted by molar-refractivity contribution is -0.139. The Morgan fingerprint density at radius 3 is 2.17 bits per heavy atom. The van der Waals surface area contributed by atoms with Crippen molar-refractivity contribution in [2.45, 2.75) is 52.6 Å². The van der Waals surface area contributed by atoms with E-state index in [1.54, 1.807) is 11.8 Å². The van der Waals surface area contributed by atoms with Crippen molar-refractivity contribution in [3.05, 3.63) is 0 Å². The third-order valence-electron chi connectivity index (χ3n) is 2.49. The van der Waals surface area contributed by atoms with Gasteiger partial charge in [-0.25, -0.2) is 0 Å². The summed E-state index contributed by atoms with van der Waals surface area (Å²) in [5.74, 6) is -1.32. The summed E-state index contributed by atoms with van der Waals surface area (Å²) in [5.41, 5.74) is 0. The zero-order valence-corrected chi connectivity index (χ0v) is 11.4. The molecule has 0 fully saturated rings. The zero-order valence-electron chi connectivity index (χ0n) is 11.4. The molecular formula is C12H22N2O4. The van der Waals surface area contributed by atoms with Crippen LogP contribution >= 0.6 is 0 Å². The summed E-state index contributed by atoms with van der Waals surface area (Å²) in [5, 5.41) is 11.1. The Kier molecular flexibility index (Phi) is 7.00.